The van der Waals surface area contributed by atoms with Crippen LogP contribution in [0.3, 0.4) is 0 Å². The van der Waals surface area contributed by atoms with Crippen LogP contribution in [-0.2, 0) is 17.9 Å². The summed E-state index contributed by atoms with van der Waals surface area (Å²) >= 11 is 6.07. The SMILES string of the molecule is CC(=O)NCc1ccc(Cn2c(=O)n(C(C)=O)c3ccc(Cl)cc32)cc1. The van der Waals surface area contributed by atoms with E-state index in [1.54, 1.807) is 18.2 Å². The van der Waals surface area contributed by atoms with Gasteiger partial charge in [-0.15, -0.1) is 0 Å². The maximum Gasteiger partial charge on any atom is 0.336 e. The Bertz CT molecular complexity index is 1050. The molecule has 0 bridgehead atoms. The molecule has 7 heteroatoms. The Labute approximate surface area is 155 Å². The minimum Gasteiger partial charge on any atom is -0.352 e. The number of imidazole rings is 1. The molecule has 26 heavy (non-hydrogen) atoms. The maximum absolute atomic E-state index is 12.7. The van der Waals surface area contributed by atoms with Crippen molar-refractivity contribution in [3.8, 4) is 0 Å². The molecule has 0 aliphatic rings. The van der Waals surface area contributed by atoms with Gasteiger partial charge in [0.1, 0.15) is 0 Å². The largest absolute Gasteiger partial charge is 0.352 e. The Balaban J connectivity index is 1.97. The Morgan fingerprint density at radius 3 is 2.27 bits per heavy atom. The van der Waals surface area contributed by atoms with Crippen LogP contribution in [0, 0.1) is 0 Å². The van der Waals surface area contributed by atoms with Crippen molar-refractivity contribution in [2.75, 3.05) is 0 Å². The van der Waals surface area contributed by atoms with Crippen molar-refractivity contribution in [2.24, 2.45) is 0 Å². The lowest BCUT2D eigenvalue weighted by Gasteiger charge is -2.06. The molecule has 1 heterocycles. The van der Waals surface area contributed by atoms with Crippen LogP contribution in [-0.4, -0.2) is 20.9 Å². The van der Waals surface area contributed by atoms with Gasteiger partial charge in [-0.1, -0.05) is 35.9 Å². The molecule has 1 amide bonds. The second-order valence-electron chi connectivity index (χ2n) is 6.08. The highest BCUT2D eigenvalue weighted by atomic mass is 35.5. The lowest BCUT2D eigenvalue weighted by Crippen LogP contribution is -2.27. The number of aromatic nitrogens is 2. The molecule has 0 spiro atoms. The molecular formula is C19H18ClN3O3. The standard InChI is InChI=1S/C19H18ClN3O3/c1-12(24)21-10-14-3-5-15(6-4-14)11-22-18-9-16(20)7-8-17(18)23(13(2)25)19(22)26/h3-9H,10-11H2,1-2H3,(H,21,24). The first kappa shape index (κ1) is 17.9. The zero-order valence-electron chi connectivity index (χ0n) is 14.5. The Morgan fingerprint density at radius 2 is 1.65 bits per heavy atom. The first-order valence-corrected chi connectivity index (χ1v) is 8.48. The normalized spacial score (nSPS) is 10.9. The zero-order chi connectivity index (χ0) is 18.8. The van der Waals surface area contributed by atoms with Gasteiger partial charge >= 0.3 is 5.69 Å². The van der Waals surface area contributed by atoms with E-state index in [-0.39, 0.29) is 11.8 Å². The van der Waals surface area contributed by atoms with Gasteiger partial charge in [0.05, 0.1) is 17.6 Å². The van der Waals surface area contributed by atoms with Gasteiger partial charge in [0, 0.05) is 25.4 Å². The number of carbonyl (C=O) groups excluding carboxylic acids is 2. The monoisotopic (exact) mass is 371 g/mol. The number of amides is 1. The predicted octanol–water partition coefficient (Wildman–Crippen LogP) is 2.80. The number of carbonyl (C=O) groups is 2. The molecule has 0 aliphatic heterocycles. The van der Waals surface area contributed by atoms with Crippen LogP contribution >= 0.6 is 11.6 Å². The van der Waals surface area contributed by atoms with Crippen LogP contribution in [0.1, 0.15) is 29.8 Å². The van der Waals surface area contributed by atoms with Crippen molar-refractivity contribution in [2.45, 2.75) is 26.9 Å². The third kappa shape index (κ3) is 3.55. The topological polar surface area (TPSA) is 73.1 Å². The van der Waals surface area contributed by atoms with E-state index in [4.69, 9.17) is 11.6 Å². The van der Waals surface area contributed by atoms with Gasteiger partial charge in [-0.25, -0.2) is 9.36 Å². The molecule has 0 saturated heterocycles. The number of fused-ring (bicyclic) bond motifs is 1. The molecule has 0 fully saturated rings. The first-order chi connectivity index (χ1) is 12.4. The summed E-state index contributed by atoms with van der Waals surface area (Å²) < 4.78 is 2.68. The van der Waals surface area contributed by atoms with E-state index in [2.05, 4.69) is 5.32 Å². The third-order valence-electron chi connectivity index (χ3n) is 4.11. The van der Waals surface area contributed by atoms with Gasteiger partial charge in [0.2, 0.25) is 11.8 Å². The number of benzene rings is 2. The zero-order valence-corrected chi connectivity index (χ0v) is 15.2. The fourth-order valence-electron chi connectivity index (χ4n) is 2.86. The fraction of sp³-hybridized carbons (Fsp3) is 0.211. The summed E-state index contributed by atoms with van der Waals surface area (Å²) in [5, 5.41) is 3.23. The van der Waals surface area contributed by atoms with E-state index in [0.717, 1.165) is 15.7 Å². The first-order valence-electron chi connectivity index (χ1n) is 8.11. The van der Waals surface area contributed by atoms with Crippen LogP contribution in [0.15, 0.2) is 47.3 Å². The second-order valence-corrected chi connectivity index (χ2v) is 6.52. The van der Waals surface area contributed by atoms with Gasteiger partial charge < -0.3 is 5.32 Å². The van der Waals surface area contributed by atoms with Crippen molar-refractivity contribution < 1.29 is 9.59 Å². The van der Waals surface area contributed by atoms with Crippen molar-refractivity contribution in [1.82, 2.24) is 14.5 Å². The molecule has 6 nitrogen and oxygen atoms in total. The summed E-state index contributed by atoms with van der Waals surface area (Å²) in [6.07, 6.45) is 0. The molecule has 0 atom stereocenters. The molecule has 1 aromatic heterocycles. The number of nitrogens with zero attached hydrogens (tertiary/aromatic N) is 2. The lowest BCUT2D eigenvalue weighted by atomic mass is 10.1. The number of hydrogen-bond acceptors (Lipinski definition) is 3. The molecule has 0 aliphatic carbocycles. The molecule has 1 N–H and O–H groups in total. The summed E-state index contributed by atoms with van der Waals surface area (Å²) in [4.78, 5) is 35.6. The quantitative estimate of drug-likeness (QED) is 0.766. The average molecular weight is 372 g/mol. The van der Waals surface area contributed by atoms with Gasteiger partial charge in [-0.2, -0.15) is 0 Å². The Kier molecular flexibility index (Phi) is 4.95. The van der Waals surface area contributed by atoms with E-state index in [1.165, 1.54) is 18.4 Å². The van der Waals surface area contributed by atoms with Gasteiger partial charge in [-0.05, 0) is 29.3 Å². The van der Waals surface area contributed by atoms with Crippen molar-refractivity contribution >= 4 is 34.4 Å². The minimum atomic E-state index is -0.392. The fourth-order valence-corrected chi connectivity index (χ4v) is 3.02. The summed E-state index contributed by atoms with van der Waals surface area (Å²) in [6.45, 7) is 3.60. The Hall–Kier alpha value is -2.86. The number of halogens is 1. The highest BCUT2D eigenvalue weighted by Gasteiger charge is 2.16. The Morgan fingerprint density at radius 1 is 1.00 bits per heavy atom. The molecule has 134 valence electrons. The van der Waals surface area contributed by atoms with Crippen LogP contribution in [0.4, 0.5) is 0 Å². The summed E-state index contributed by atoms with van der Waals surface area (Å²) in [7, 11) is 0. The minimum absolute atomic E-state index is 0.0884. The van der Waals surface area contributed by atoms with Crippen LogP contribution in [0.25, 0.3) is 11.0 Å². The summed E-state index contributed by atoms with van der Waals surface area (Å²) in [5.41, 5.74) is 2.62. The molecule has 3 aromatic rings. The number of hydrogen-bond donors (Lipinski definition) is 1. The van der Waals surface area contributed by atoms with E-state index in [9.17, 15) is 14.4 Å². The highest BCUT2D eigenvalue weighted by molar-refractivity contribution is 6.31. The molecule has 0 radical (unpaired) electrons. The van der Waals surface area contributed by atoms with E-state index in [1.807, 2.05) is 24.3 Å². The molecule has 2 aromatic carbocycles. The van der Waals surface area contributed by atoms with Crippen molar-refractivity contribution in [1.29, 1.82) is 0 Å². The summed E-state index contributed by atoms with van der Waals surface area (Å²) in [6, 6.07) is 12.6. The van der Waals surface area contributed by atoms with Gasteiger partial charge in [-0.3, -0.25) is 14.2 Å². The molecule has 0 saturated carbocycles. The van der Waals surface area contributed by atoms with Crippen LogP contribution < -0.4 is 11.0 Å². The van der Waals surface area contributed by atoms with Crippen molar-refractivity contribution in [3.05, 3.63) is 69.1 Å². The van der Waals surface area contributed by atoms with Crippen LogP contribution in [0.2, 0.25) is 5.02 Å². The second kappa shape index (κ2) is 7.17. The van der Waals surface area contributed by atoms with Gasteiger partial charge in [0.25, 0.3) is 0 Å². The number of nitrogens with one attached hydrogen (secondary N) is 1. The lowest BCUT2D eigenvalue weighted by molar-refractivity contribution is -0.119. The van der Waals surface area contributed by atoms with Crippen molar-refractivity contribution in [3.63, 3.8) is 0 Å². The summed E-state index contributed by atoms with van der Waals surface area (Å²) in [5.74, 6) is -0.429. The van der Waals surface area contributed by atoms with Gasteiger partial charge in [0.15, 0.2) is 0 Å². The highest BCUT2D eigenvalue weighted by Crippen LogP contribution is 2.20. The predicted molar refractivity (Wildman–Crippen MR) is 101 cm³/mol. The third-order valence-corrected chi connectivity index (χ3v) is 4.35. The average Bonchev–Trinajstić information content (AvgIpc) is 2.86. The van der Waals surface area contributed by atoms with E-state index < -0.39 is 5.69 Å². The number of rotatable bonds is 4. The smallest absolute Gasteiger partial charge is 0.336 e. The molecule has 0 unspecified atom stereocenters. The molecular weight excluding hydrogens is 354 g/mol. The van der Waals surface area contributed by atoms with E-state index >= 15 is 0 Å². The maximum atomic E-state index is 12.7. The van der Waals surface area contributed by atoms with Crippen LogP contribution in [0.5, 0.6) is 0 Å². The van der Waals surface area contributed by atoms with E-state index in [0.29, 0.717) is 29.1 Å². The molecule has 3 rings (SSSR count).